The number of nitrogens with one attached hydrogen (secondary N) is 1. The van der Waals surface area contributed by atoms with Crippen molar-refractivity contribution in [3.63, 3.8) is 0 Å². The van der Waals surface area contributed by atoms with Crippen molar-refractivity contribution >= 4 is 23.1 Å². The van der Waals surface area contributed by atoms with Gasteiger partial charge in [-0.3, -0.25) is 9.78 Å². The van der Waals surface area contributed by atoms with Gasteiger partial charge in [0.2, 0.25) is 0 Å². The molecule has 1 N–H and O–H groups in total. The van der Waals surface area contributed by atoms with Crippen molar-refractivity contribution in [3.05, 3.63) is 48.5 Å². The van der Waals surface area contributed by atoms with Crippen LogP contribution in [0.25, 0.3) is 5.65 Å². The minimum atomic E-state index is -0.0955. The third-order valence-corrected chi connectivity index (χ3v) is 7.05. The average molecular weight is 421 g/mol. The van der Waals surface area contributed by atoms with E-state index in [1.54, 1.807) is 23.1 Å². The van der Waals surface area contributed by atoms with Gasteiger partial charge in [0.15, 0.2) is 5.65 Å². The van der Waals surface area contributed by atoms with Gasteiger partial charge in [0.1, 0.15) is 11.4 Å². The molecule has 31 heavy (non-hydrogen) atoms. The molecule has 0 atom stereocenters. The van der Waals surface area contributed by atoms with Crippen LogP contribution in [0.1, 0.15) is 63.2 Å². The van der Waals surface area contributed by atoms with Crippen LogP contribution in [0.5, 0.6) is 0 Å². The van der Waals surface area contributed by atoms with Gasteiger partial charge in [0.25, 0.3) is 5.91 Å². The first-order valence-corrected chi connectivity index (χ1v) is 11.2. The number of carbonyl (C=O) groups excluding carboxylic acids is 1. The SMILES string of the molecule is CCC(C)(C)C1CCC(NC(=O)c2cnn3ccc(N(C)c4cccnc4)nc23)CC1. The van der Waals surface area contributed by atoms with E-state index in [9.17, 15) is 4.79 Å². The van der Waals surface area contributed by atoms with Gasteiger partial charge in [-0.05, 0) is 55.2 Å². The second-order valence-electron chi connectivity index (χ2n) is 9.25. The lowest BCUT2D eigenvalue weighted by Gasteiger charge is -2.39. The molecule has 0 aromatic carbocycles. The Morgan fingerprint density at radius 2 is 2.00 bits per heavy atom. The first kappa shape index (κ1) is 21.3. The summed E-state index contributed by atoms with van der Waals surface area (Å²) in [5, 5.41) is 7.55. The van der Waals surface area contributed by atoms with Crippen LogP contribution in [-0.2, 0) is 0 Å². The largest absolute Gasteiger partial charge is 0.349 e. The monoisotopic (exact) mass is 420 g/mol. The number of fused-ring (bicyclic) bond motifs is 1. The van der Waals surface area contributed by atoms with Crippen LogP contribution in [-0.4, -0.2) is 38.6 Å². The van der Waals surface area contributed by atoms with E-state index >= 15 is 0 Å². The fourth-order valence-corrected chi connectivity index (χ4v) is 4.46. The highest BCUT2D eigenvalue weighted by Crippen LogP contribution is 2.40. The lowest BCUT2D eigenvalue weighted by Crippen LogP contribution is -2.39. The topological polar surface area (TPSA) is 75.4 Å². The molecule has 1 aliphatic carbocycles. The van der Waals surface area contributed by atoms with Crippen molar-refractivity contribution in [1.29, 1.82) is 0 Å². The summed E-state index contributed by atoms with van der Waals surface area (Å²) in [7, 11) is 1.93. The molecule has 7 nitrogen and oxygen atoms in total. The third kappa shape index (κ3) is 4.40. The van der Waals surface area contributed by atoms with Gasteiger partial charge in [0, 0.05) is 25.5 Å². The summed E-state index contributed by atoms with van der Waals surface area (Å²) < 4.78 is 1.65. The average Bonchev–Trinajstić information content (AvgIpc) is 3.23. The number of anilines is 2. The molecule has 0 bridgehead atoms. The number of rotatable bonds is 6. The van der Waals surface area contributed by atoms with E-state index in [4.69, 9.17) is 4.98 Å². The van der Waals surface area contributed by atoms with Gasteiger partial charge in [-0.15, -0.1) is 0 Å². The van der Waals surface area contributed by atoms with Crippen molar-refractivity contribution in [2.75, 3.05) is 11.9 Å². The van der Waals surface area contributed by atoms with Crippen molar-refractivity contribution in [2.24, 2.45) is 11.3 Å². The fourth-order valence-electron chi connectivity index (χ4n) is 4.46. The van der Waals surface area contributed by atoms with Gasteiger partial charge in [-0.25, -0.2) is 9.50 Å². The second-order valence-corrected chi connectivity index (χ2v) is 9.25. The van der Waals surface area contributed by atoms with Gasteiger partial charge in [-0.2, -0.15) is 5.10 Å². The number of amides is 1. The smallest absolute Gasteiger partial charge is 0.256 e. The number of hydrogen-bond donors (Lipinski definition) is 1. The van der Waals surface area contributed by atoms with E-state index in [1.165, 1.54) is 19.3 Å². The van der Waals surface area contributed by atoms with Crippen LogP contribution in [0, 0.1) is 11.3 Å². The zero-order valence-electron chi connectivity index (χ0n) is 18.9. The lowest BCUT2D eigenvalue weighted by atomic mass is 9.69. The summed E-state index contributed by atoms with van der Waals surface area (Å²) in [5.74, 6) is 1.37. The molecule has 4 rings (SSSR count). The van der Waals surface area contributed by atoms with E-state index in [-0.39, 0.29) is 11.9 Å². The second kappa shape index (κ2) is 8.65. The molecule has 1 fully saturated rings. The van der Waals surface area contributed by atoms with Gasteiger partial charge in [0.05, 0.1) is 18.1 Å². The number of pyridine rings is 1. The number of nitrogens with zero attached hydrogens (tertiary/aromatic N) is 5. The number of carbonyl (C=O) groups is 1. The van der Waals surface area contributed by atoms with Gasteiger partial charge in [-0.1, -0.05) is 27.2 Å². The van der Waals surface area contributed by atoms with E-state index in [1.807, 2.05) is 36.3 Å². The third-order valence-electron chi connectivity index (χ3n) is 7.05. The number of hydrogen-bond acceptors (Lipinski definition) is 5. The molecule has 3 heterocycles. The molecule has 7 heteroatoms. The van der Waals surface area contributed by atoms with Crippen molar-refractivity contribution in [3.8, 4) is 0 Å². The molecule has 0 unspecified atom stereocenters. The van der Waals surface area contributed by atoms with Crippen molar-refractivity contribution in [1.82, 2.24) is 24.9 Å². The lowest BCUT2D eigenvalue weighted by molar-refractivity contribution is 0.0894. The van der Waals surface area contributed by atoms with E-state index < -0.39 is 0 Å². The highest BCUT2D eigenvalue weighted by Gasteiger charge is 2.32. The van der Waals surface area contributed by atoms with Crippen LogP contribution in [0.15, 0.2) is 43.0 Å². The molecule has 1 amide bonds. The maximum atomic E-state index is 13.0. The minimum Gasteiger partial charge on any atom is -0.349 e. The molecular weight excluding hydrogens is 388 g/mol. The summed E-state index contributed by atoms with van der Waals surface area (Å²) in [6.07, 6.45) is 12.5. The quantitative estimate of drug-likeness (QED) is 0.630. The zero-order chi connectivity index (χ0) is 22.0. The molecule has 1 aliphatic rings. The zero-order valence-corrected chi connectivity index (χ0v) is 18.9. The van der Waals surface area contributed by atoms with Gasteiger partial charge < -0.3 is 10.2 Å². The Morgan fingerprint density at radius 1 is 1.23 bits per heavy atom. The Morgan fingerprint density at radius 3 is 2.68 bits per heavy atom. The molecule has 3 aromatic rings. The van der Waals surface area contributed by atoms with Crippen LogP contribution < -0.4 is 10.2 Å². The van der Waals surface area contributed by atoms with Crippen molar-refractivity contribution in [2.45, 2.75) is 58.9 Å². The molecule has 0 saturated heterocycles. The minimum absolute atomic E-state index is 0.0955. The standard InChI is InChI=1S/C24H32N6O/c1-5-24(2,3)17-8-10-18(11-9-17)27-23(31)20-16-26-30-14-12-21(28-22(20)30)29(4)19-7-6-13-25-15-19/h6-7,12-18H,5,8-11H2,1-4H3,(H,27,31). The molecule has 164 valence electrons. The predicted molar refractivity (Wildman–Crippen MR) is 123 cm³/mol. The molecule has 1 saturated carbocycles. The maximum Gasteiger partial charge on any atom is 0.256 e. The highest BCUT2D eigenvalue weighted by molar-refractivity contribution is 6.00. The van der Waals surface area contributed by atoms with E-state index in [0.717, 1.165) is 30.3 Å². The highest BCUT2D eigenvalue weighted by atomic mass is 16.1. The number of aromatic nitrogens is 4. The Labute approximate surface area is 183 Å². The summed E-state index contributed by atoms with van der Waals surface area (Å²) >= 11 is 0. The predicted octanol–water partition coefficient (Wildman–Crippen LogP) is 4.62. The molecule has 0 aliphatic heterocycles. The van der Waals surface area contributed by atoms with Crippen molar-refractivity contribution < 1.29 is 4.79 Å². The first-order chi connectivity index (χ1) is 14.9. The Balaban J connectivity index is 1.48. The normalized spacial score (nSPS) is 19.4. The Bertz CT molecular complexity index is 1040. The molecule has 0 radical (unpaired) electrons. The van der Waals surface area contributed by atoms with Crippen LogP contribution >= 0.6 is 0 Å². The van der Waals surface area contributed by atoms with E-state index in [2.05, 4.69) is 36.2 Å². The molecule has 3 aromatic heterocycles. The van der Waals surface area contributed by atoms with E-state index in [0.29, 0.717) is 16.6 Å². The summed E-state index contributed by atoms with van der Waals surface area (Å²) in [6, 6.07) is 5.95. The molecule has 0 spiro atoms. The molecular formula is C24H32N6O. The summed E-state index contributed by atoms with van der Waals surface area (Å²) in [6.45, 7) is 6.99. The Kier molecular flexibility index (Phi) is 5.94. The maximum absolute atomic E-state index is 13.0. The summed E-state index contributed by atoms with van der Waals surface area (Å²) in [4.78, 5) is 23.9. The first-order valence-electron chi connectivity index (χ1n) is 11.2. The van der Waals surface area contributed by atoms with Crippen LogP contribution in [0.4, 0.5) is 11.5 Å². The van der Waals surface area contributed by atoms with Crippen LogP contribution in [0.2, 0.25) is 0 Å². The Hall–Kier alpha value is -2.96. The summed E-state index contributed by atoms with van der Waals surface area (Å²) in [5.41, 5.74) is 2.37. The van der Waals surface area contributed by atoms with Gasteiger partial charge >= 0.3 is 0 Å². The van der Waals surface area contributed by atoms with Crippen LogP contribution in [0.3, 0.4) is 0 Å². The fraction of sp³-hybridized carbons (Fsp3) is 0.500.